The zero-order valence-electron chi connectivity index (χ0n) is 13.1. The van der Waals surface area contributed by atoms with E-state index in [1.54, 1.807) is 0 Å². The summed E-state index contributed by atoms with van der Waals surface area (Å²) in [6, 6.07) is 17.2. The van der Waals surface area contributed by atoms with Crippen LogP contribution in [0.3, 0.4) is 0 Å². The van der Waals surface area contributed by atoms with Crippen molar-refractivity contribution < 1.29 is 4.74 Å². The molecule has 2 heterocycles. The van der Waals surface area contributed by atoms with Gasteiger partial charge < -0.3 is 9.64 Å². The van der Waals surface area contributed by atoms with Crippen molar-refractivity contribution in [2.75, 3.05) is 31.1 Å². The second kappa shape index (κ2) is 6.42. The van der Waals surface area contributed by atoms with E-state index in [-0.39, 0.29) is 0 Å². The van der Waals surface area contributed by atoms with E-state index in [0.717, 1.165) is 50.0 Å². The smallest absolute Gasteiger partial charge is 0.144 e. The van der Waals surface area contributed by atoms with Crippen molar-refractivity contribution in [1.82, 2.24) is 4.90 Å². The summed E-state index contributed by atoms with van der Waals surface area (Å²) in [7, 11) is 0. The van der Waals surface area contributed by atoms with Gasteiger partial charge in [0.1, 0.15) is 5.75 Å². The summed E-state index contributed by atoms with van der Waals surface area (Å²) in [4.78, 5) is 5.05. The second-order valence-corrected chi connectivity index (χ2v) is 6.75. The quantitative estimate of drug-likeness (QED) is 0.833. The van der Waals surface area contributed by atoms with Gasteiger partial charge in [0.25, 0.3) is 0 Å². The molecule has 2 aromatic rings. The van der Waals surface area contributed by atoms with Crippen molar-refractivity contribution >= 4 is 17.3 Å². The summed E-state index contributed by atoms with van der Waals surface area (Å²) in [6.07, 6.45) is 1.05. The SMILES string of the molecule is Clc1ccc2c(c1)OCC[C@H]1CN(Cc3ccccc3)CCN21. The Morgan fingerprint density at radius 3 is 2.83 bits per heavy atom. The number of piperazine rings is 1. The molecule has 3 nitrogen and oxygen atoms in total. The van der Waals surface area contributed by atoms with Crippen LogP contribution in [-0.2, 0) is 6.54 Å². The lowest BCUT2D eigenvalue weighted by Gasteiger charge is -2.42. The molecule has 2 aliphatic heterocycles. The van der Waals surface area contributed by atoms with Crippen LogP contribution in [0.15, 0.2) is 48.5 Å². The van der Waals surface area contributed by atoms with Crippen molar-refractivity contribution in [3.8, 4) is 5.75 Å². The highest BCUT2D eigenvalue weighted by atomic mass is 35.5. The van der Waals surface area contributed by atoms with Gasteiger partial charge in [0.2, 0.25) is 0 Å². The number of anilines is 1. The van der Waals surface area contributed by atoms with Crippen LogP contribution in [-0.4, -0.2) is 37.2 Å². The molecule has 23 heavy (non-hydrogen) atoms. The highest BCUT2D eigenvalue weighted by Gasteiger charge is 2.30. The predicted octanol–water partition coefficient (Wildman–Crippen LogP) is 3.81. The third-order valence-electron chi connectivity index (χ3n) is 4.76. The lowest BCUT2D eigenvalue weighted by molar-refractivity contribution is 0.202. The number of ether oxygens (including phenoxy) is 1. The number of nitrogens with zero attached hydrogens (tertiary/aromatic N) is 2. The normalized spacial score (nSPS) is 21.1. The van der Waals surface area contributed by atoms with Crippen LogP contribution < -0.4 is 9.64 Å². The fourth-order valence-electron chi connectivity index (χ4n) is 3.61. The Hall–Kier alpha value is -1.71. The van der Waals surface area contributed by atoms with E-state index in [2.05, 4.69) is 46.2 Å². The van der Waals surface area contributed by atoms with Gasteiger partial charge in [0.15, 0.2) is 0 Å². The zero-order chi connectivity index (χ0) is 15.6. The van der Waals surface area contributed by atoms with Gasteiger partial charge in [-0.1, -0.05) is 41.9 Å². The second-order valence-electron chi connectivity index (χ2n) is 6.32. The third-order valence-corrected chi connectivity index (χ3v) is 4.99. The summed E-state index contributed by atoms with van der Waals surface area (Å²) in [5, 5.41) is 0.741. The van der Waals surface area contributed by atoms with Gasteiger partial charge in [-0.3, -0.25) is 4.90 Å². The molecule has 0 spiro atoms. The Bertz CT molecular complexity index is 676. The van der Waals surface area contributed by atoms with E-state index in [4.69, 9.17) is 16.3 Å². The first kappa shape index (κ1) is 14.9. The maximum Gasteiger partial charge on any atom is 0.144 e. The van der Waals surface area contributed by atoms with Crippen LogP contribution in [0, 0.1) is 0 Å². The molecule has 1 saturated heterocycles. The van der Waals surface area contributed by atoms with Crippen molar-refractivity contribution in [1.29, 1.82) is 0 Å². The van der Waals surface area contributed by atoms with E-state index in [0.29, 0.717) is 6.04 Å². The van der Waals surface area contributed by atoms with Gasteiger partial charge in [0.05, 0.1) is 12.3 Å². The predicted molar refractivity (Wildman–Crippen MR) is 94.4 cm³/mol. The lowest BCUT2D eigenvalue weighted by atomic mass is 10.1. The number of benzene rings is 2. The average molecular weight is 329 g/mol. The van der Waals surface area contributed by atoms with Gasteiger partial charge in [-0.2, -0.15) is 0 Å². The maximum absolute atomic E-state index is 6.11. The summed E-state index contributed by atoms with van der Waals surface area (Å²) in [6.45, 7) is 4.98. The Balaban J connectivity index is 1.51. The molecule has 2 aliphatic rings. The minimum atomic E-state index is 0.509. The van der Waals surface area contributed by atoms with Crippen LogP contribution in [0.2, 0.25) is 5.02 Å². The summed E-state index contributed by atoms with van der Waals surface area (Å²) in [5.74, 6) is 0.927. The molecular weight excluding hydrogens is 308 g/mol. The minimum absolute atomic E-state index is 0.509. The van der Waals surface area contributed by atoms with E-state index in [9.17, 15) is 0 Å². The number of rotatable bonds is 2. The molecule has 0 saturated carbocycles. The molecule has 4 heteroatoms. The standard InChI is InChI=1S/C19H21ClN2O/c20-16-6-7-18-19(12-16)23-11-8-17-14-21(9-10-22(17)18)13-15-4-2-1-3-5-15/h1-7,12,17H,8-11,13-14H2/t17-/m0/s1. The van der Waals surface area contributed by atoms with Crippen LogP contribution in [0.1, 0.15) is 12.0 Å². The van der Waals surface area contributed by atoms with Crippen molar-refractivity contribution in [3.05, 3.63) is 59.1 Å². The molecule has 0 aromatic heterocycles. The van der Waals surface area contributed by atoms with Gasteiger partial charge in [0, 0.05) is 49.7 Å². The Kier molecular flexibility index (Phi) is 4.15. The summed E-state index contributed by atoms with van der Waals surface area (Å²) >= 11 is 6.11. The summed E-state index contributed by atoms with van der Waals surface area (Å²) < 4.78 is 5.93. The largest absolute Gasteiger partial charge is 0.491 e. The molecule has 2 aromatic carbocycles. The van der Waals surface area contributed by atoms with Gasteiger partial charge >= 0.3 is 0 Å². The van der Waals surface area contributed by atoms with Crippen molar-refractivity contribution in [2.45, 2.75) is 19.0 Å². The summed E-state index contributed by atoms with van der Waals surface area (Å²) in [5.41, 5.74) is 2.58. The topological polar surface area (TPSA) is 15.7 Å². The Morgan fingerprint density at radius 1 is 1.09 bits per heavy atom. The first-order valence-corrected chi connectivity index (χ1v) is 8.63. The van der Waals surface area contributed by atoms with E-state index >= 15 is 0 Å². The van der Waals surface area contributed by atoms with Gasteiger partial charge in [-0.25, -0.2) is 0 Å². The maximum atomic E-state index is 6.11. The fraction of sp³-hybridized carbons (Fsp3) is 0.368. The number of halogens is 1. The average Bonchev–Trinajstić information content (AvgIpc) is 2.74. The van der Waals surface area contributed by atoms with E-state index < -0.39 is 0 Å². The van der Waals surface area contributed by atoms with Crippen LogP contribution in [0.5, 0.6) is 5.75 Å². The van der Waals surface area contributed by atoms with E-state index in [1.165, 1.54) is 11.3 Å². The molecule has 0 radical (unpaired) electrons. The molecule has 0 N–H and O–H groups in total. The number of hydrogen-bond acceptors (Lipinski definition) is 3. The molecule has 1 fully saturated rings. The molecule has 0 amide bonds. The monoisotopic (exact) mass is 328 g/mol. The van der Waals surface area contributed by atoms with Gasteiger partial charge in [-0.05, 0) is 17.7 Å². The third kappa shape index (κ3) is 3.17. The number of hydrogen-bond donors (Lipinski definition) is 0. The fourth-order valence-corrected chi connectivity index (χ4v) is 3.78. The molecule has 1 atom stereocenters. The van der Waals surface area contributed by atoms with Crippen LogP contribution >= 0.6 is 11.6 Å². The molecule has 0 aliphatic carbocycles. The highest BCUT2D eigenvalue weighted by Crippen LogP contribution is 2.36. The highest BCUT2D eigenvalue weighted by molar-refractivity contribution is 6.30. The molecular formula is C19H21ClN2O. The molecule has 0 bridgehead atoms. The first-order valence-electron chi connectivity index (χ1n) is 8.25. The number of fused-ring (bicyclic) bond motifs is 3. The first-order chi connectivity index (χ1) is 11.3. The minimum Gasteiger partial charge on any atom is -0.491 e. The van der Waals surface area contributed by atoms with E-state index in [1.807, 2.05) is 12.1 Å². The Morgan fingerprint density at radius 2 is 1.96 bits per heavy atom. The van der Waals surface area contributed by atoms with Crippen LogP contribution in [0.25, 0.3) is 0 Å². The van der Waals surface area contributed by atoms with Crippen molar-refractivity contribution in [3.63, 3.8) is 0 Å². The molecule has 0 unspecified atom stereocenters. The molecule has 4 rings (SSSR count). The van der Waals surface area contributed by atoms with Crippen LogP contribution in [0.4, 0.5) is 5.69 Å². The Labute approximate surface area is 142 Å². The molecule has 120 valence electrons. The lowest BCUT2D eigenvalue weighted by Crippen LogP contribution is -2.52. The van der Waals surface area contributed by atoms with Crippen molar-refractivity contribution in [2.24, 2.45) is 0 Å². The van der Waals surface area contributed by atoms with Gasteiger partial charge in [-0.15, -0.1) is 0 Å². The zero-order valence-corrected chi connectivity index (χ0v) is 13.9.